The Morgan fingerprint density at radius 3 is 1.71 bits per heavy atom. The Bertz CT molecular complexity index is 1170. The molecule has 0 radical (unpaired) electrons. The number of aliphatic hydroxyl groups excluding tert-OH is 5. The predicted octanol–water partition coefficient (Wildman–Crippen LogP) is 6.52. The van der Waals surface area contributed by atoms with Crippen molar-refractivity contribution in [3.63, 3.8) is 0 Å². The summed E-state index contributed by atoms with van der Waals surface area (Å²) in [5, 5.41) is 54.9. The molecule has 0 spiro atoms. The van der Waals surface area contributed by atoms with Gasteiger partial charge in [-0.25, -0.2) is 4.18 Å². The smallest absolute Gasteiger partial charge is 0.394 e. The maximum absolute atomic E-state index is 13.0. The molecule has 8 atom stereocenters. The maximum Gasteiger partial charge on any atom is 0.397 e. The highest BCUT2D eigenvalue weighted by molar-refractivity contribution is 7.80. The van der Waals surface area contributed by atoms with Gasteiger partial charge in [-0.3, -0.25) is 9.35 Å². The zero-order valence-electron chi connectivity index (χ0n) is 34.3. The number of hydrogen-bond acceptors (Lipinski definition) is 11. The summed E-state index contributed by atoms with van der Waals surface area (Å²) >= 11 is 0. The lowest BCUT2D eigenvalue weighted by atomic mass is 9.99. The van der Waals surface area contributed by atoms with Crippen molar-refractivity contribution in [1.82, 2.24) is 5.32 Å². The number of carbonyl (C=O) groups is 1. The van der Waals surface area contributed by atoms with Gasteiger partial charge in [-0.2, -0.15) is 8.42 Å². The number of ether oxygens (including phenoxy) is 2. The maximum atomic E-state index is 13.0. The lowest BCUT2D eigenvalue weighted by molar-refractivity contribution is -0.298. The molecule has 328 valence electrons. The third-order valence-electron chi connectivity index (χ3n) is 10.0. The van der Waals surface area contributed by atoms with Crippen LogP contribution in [0.25, 0.3) is 0 Å². The van der Waals surface area contributed by atoms with E-state index in [1.54, 1.807) is 6.08 Å². The van der Waals surface area contributed by atoms with Gasteiger partial charge in [-0.1, -0.05) is 153 Å². The summed E-state index contributed by atoms with van der Waals surface area (Å²) < 4.78 is 47.3. The third-order valence-corrected chi connectivity index (χ3v) is 10.5. The number of amides is 1. The van der Waals surface area contributed by atoms with Crippen LogP contribution in [0.4, 0.5) is 0 Å². The molecule has 14 heteroatoms. The van der Waals surface area contributed by atoms with Crippen molar-refractivity contribution in [2.75, 3.05) is 13.2 Å². The zero-order valence-corrected chi connectivity index (χ0v) is 35.1. The van der Waals surface area contributed by atoms with E-state index in [2.05, 4.69) is 47.7 Å². The highest BCUT2D eigenvalue weighted by Crippen LogP contribution is 2.26. The van der Waals surface area contributed by atoms with Crippen LogP contribution in [0.15, 0.2) is 36.5 Å². The minimum absolute atomic E-state index is 0.233. The SMILES string of the molecule is CCCCCCCCCCC/C=C/CC/C=C/CC/C=C/C(O)C(COC1OC(CO)C(O)C(OS(=O)(=O)O)C1O)NC(=O)C(O)CCCCCCCCCC. The van der Waals surface area contributed by atoms with E-state index in [9.17, 15) is 38.7 Å². The molecule has 1 amide bonds. The molecule has 0 aromatic heterocycles. The van der Waals surface area contributed by atoms with Crippen molar-refractivity contribution in [3.8, 4) is 0 Å². The van der Waals surface area contributed by atoms with E-state index < -0.39 is 78.5 Å². The number of hydrogen-bond donors (Lipinski definition) is 7. The summed E-state index contributed by atoms with van der Waals surface area (Å²) in [7, 11) is -5.12. The monoisotopic (exact) mass is 820 g/mol. The summed E-state index contributed by atoms with van der Waals surface area (Å²) in [6, 6.07) is -1.14. The number of unbranched alkanes of at least 4 members (excludes halogenated alkanes) is 18. The van der Waals surface area contributed by atoms with Crippen molar-refractivity contribution >= 4 is 16.3 Å². The molecule has 1 saturated heterocycles. The largest absolute Gasteiger partial charge is 0.397 e. The van der Waals surface area contributed by atoms with E-state index in [4.69, 9.17) is 14.0 Å². The highest BCUT2D eigenvalue weighted by Gasteiger charge is 2.48. The number of aliphatic hydroxyl groups is 5. The molecule has 1 aliphatic heterocycles. The zero-order chi connectivity index (χ0) is 41.4. The van der Waals surface area contributed by atoms with Gasteiger partial charge in [0.05, 0.1) is 25.4 Å². The van der Waals surface area contributed by atoms with Crippen LogP contribution in [0.3, 0.4) is 0 Å². The van der Waals surface area contributed by atoms with Gasteiger partial charge >= 0.3 is 10.4 Å². The van der Waals surface area contributed by atoms with Crippen molar-refractivity contribution in [2.24, 2.45) is 0 Å². The van der Waals surface area contributed by atoms with Gasteiger partial charge in [0, 0.05) is 0 Å². The molecule has 1 aliphatic rings. The van der Waals surface area contributed by atoms with Gasteiger partial charge in [0.15, 0.2) is 6.29 Å². The second kappa shape index (κ2) is 33.1. The van der Waals surface area contributed by atoms with Crippen LogP contribution >= 0.6 is 0 Å². The Morgan fingerprint density at radius 1 is 0.714 bits per heavy atom. The van der Waals surface area contributed by atoms with Crippen molar-refractivity contribution in [3.05, 3.63) is 36.5 Å². The van der Waals surface area contributed by atoms with Crippen LogP contribution in [0.1, 0.15) is 162 Å². The van der Waals surface area contributed by atoms with Crippen LogP contribution in [-0.2, 0) is 28.9 Å². The van der Waals surface area contributed by atoms with Gasteiger partial charge in [-0.05, 0) is 44.9 Å². The van der Waals surface area contributed by atoms with Gasteiger partial charge in [-0.15, -0.1) is 0 Å². The van der Waals surface area contributed by atoms with Gasteiger partial charge in [0.1, 0.15) is 30.5 Å². The molecule has 0 aromatic carbocycles. The van der Waals surface area contributed by atoms with E-state index in [1.165, 1.54) is 83.1 Å². The molecular formula is C42H77NO12S. The van der Waals surface area contributed by atoms with E-state index in [0.29, 0.717) is 12.8 Å². The average Bonchev–Trinajstić information content (AvgIpc) is 3.16. The molecule has 0 saturated carbocycles. The summed E-state index contributed by atoms with van der Waals surface area (Å²) in [6.07, 6.45) is 25.5. The van der Waals surface area contributed by atoms with Crippen LogP contribution in [-0.4, -0.2) is 107 Å². The van der Waals surface area contributed by atoms with Crippen molar-refractivity contribution in [2.45, 2.75) is 210 Å². The Morgan fingerprint density at radius 2 is 1.20 bits per heavy atom. The second-order valence-electron chi connectivity index (χ2n) is 15.1. The Labute approximate surface area is 337 Å². The first-order valence-electron chi connectivity index (χ1n) is 21.5. The number of rotatable bonds is 35. The quantitative estimate of drug-likeness (QED) is 0.0207. The average molecular weight is 820 g/mol. The molecule has 1 rings (SSSR count). The molecule has 1 heterocycles. The van der Waals surface area contributed by atoms with Crippen LogP contribution in [0, 0.1) is 0 Å². The molecule has 1 fully saturated rings. The van der Waals surface area contributed by atoms with E-state index in [0.717, 1.165) is 51.4 Å². The lowest BCUT2D eigenvalue weighted by Crippen LogP contribution is -2.61. The minimum atomic E-state index is -5.12. The first-order chi connectivity index (χ1) is 26.9. The normalized spacial score (nSPS) is 22.3. The fourth-order valence-corrected chi connectivity index (χ4v) is 7.06. The summed E-state index contributed by atoms with van der Waals surface area (Å²) in [5.74, 6) is -0.722. The van der Waals surface area contributed by atoms with E-state index in [-0.39, 0.29) is 6.42 Å². The standard InChI is InChI=1S/C42H77NO12S/c1-3-5-7-9-11-13-14-15-16-17-18-19-20-21-22-23-25-26-28-30-35(45)34(43-41(49)36(46)31-29-27-24-12-10-8-6-4-2)33-53-42-39(48)40(55-56(50,51)52)38(47)37(32-44)54-42/h18-19,22-23,28,30,34-40,42,44-48H,3-17,20-21,24-27,29,31-33H2,1-2H3,(H,43,49)(H,50,51,52)/b19-18+,23-22+,30-28+. The Balaban J connectivity index is 2.65. The van der Waals surface area contributed by atoms with E-state index in [1.807, 2.05) is 0 Å². The number of allylic oxidation sites excluding steroid dienone is 5. The topological polar surface area (TPSA) is 212 Å². The lowest BCUT2D eigenvalue weighted by Gasteiger charge is -2.41. The molecular weight excluding hydrogens is 743 g/mol. The van der Waals surface area contributed by atoms with E-state index >= 15 is 0 Å². The fourth-order valence-electron chi connectivity index (χ4n) is 6.55. The number of carbonyl (C=O) groups excluding carboxylic acids is 1. The molecule has 7 N–H and O–H groups in total. The molecule has 0 bridgehead atoms. The van der Waals surface area contributed by atoms with Crippen LogP contribution in [0.5, 0.6) is 0 Å². The molecule has 8 unspecified atom stereocenters. The number of nitrogens with one attached hydrogen (secondary N) is 1. The van der Waals surface area contributed by atoms with Gasteiger partial charge in [0.2, 0.25) is 5.91 Å². The fraction of sp³-hybridized carbons (Fsp3) is 0.833. The molecule has 56 heavy (non-hydrogen) atoms. The van der Waals surface area contributed by atoms with Gasteiger partial charge < -0.3 is 40.3 Å². The molecule has 0 aromatic rings. The first kappa shape index (κ1) is 52.3. The first-order valence-corrected chi connectivity index (χ1v) is 22.8. The Kier molecular flexibility index (Phi) is 31.0. The highest BCUT2D eigenvalue weighted by atomic mass is 32.3. The minimum Gasteiger partial charge on any atom is -0.394 e. The Hall–Kier alpha value is -1.72. The van der Waals surface area contributed by atoms with Crippen LogP contribution in [0.2, 0.25) is 0 Å². The van der Waals surface area contributed by atoms with Gasteiger partial charge in [0.25, 0.3) is 0 Å². The molecule has 0 aliphatic carbocycles. The summed E-state index contributed by atoms with van der Waals surface area (Å²) in [6.45, 7) is 3.12. The third kappa shape index (κ3) is 25.6. The van der Waals surface area contributed by atoms with Crippen LogP contribution < -0.4 is 5.32 Å². The molecule has 13 nitrogen and oxygen atoms in total. The second-order valence-corrected chi connectivity index (χ2v) is 16.1. The van der Waals surface area contributed by atoms with Crippen molar-refractivity contribution < 1.29 is 57.0 Å². The predicted molar refractivity (Wildman–Crippen MR) is 219 cm³/mol. The summed E-state index contributed by atoms with van der Waals surface area (Å²) in [5.41, 5.74) is 0. The summed E-state index contributed by atoms with van der Waals surface area (Å²) in [4.78, 5) is 13.0. The van der Waals surface area contributed by atoms with Crippen molar-refractivity contribution in [1.29, 1.82) is 0 Å².